The Morgan fingerprint density at radius 2 is 2.00 bits per heavy atom. The first kappa shape index (κ1) is 12.2. The predicted octanol–water partition coefficient (Wildman–Crippen LogP) is 2.46. The third kappa shape index (κ3) is 1.89. The first-order valence-corrected chi connectivity index (χ1v) is 7.41. The van der Waals surface area contributed by atoms with Crippen molar-refractivity contribution < 1.29 is 0 Å². The summed E-state index contributed by atoms with van der Waals surface area (Å²) < 4.78 is 2.38. The fraction of sp³-hybridized carbons (Fsp3) is 0.800. The molecule has 0 spiro atoms. The molecule has 0 amide bonds. The lowest BCUT2D eigenvalue weighted by Crippen LogP contribution is -2.29. The van der Waals surface area contributed by atoms with E-state index in [0.29, 0.717) is 11.5 Å². The van der Waals surface area contributed by atoms with E-state index in [0.717, 1.165) is 19.3 Å². The van der Waals surface area contributed by atoms with E-state index in [-0.39, 0.29) is 0 Å². The van der Waals surface area contributed by atoms with Crippen LogP contribution in [0.4, 0.5) is 0 Å². The minimum Gasteiger partial charge on any atom is -0.334 e. The van der Waals surface area contributed by atoms with Crippen molar-refractivity contribution >= 4 is 0 Å². The normalized spacial score (nSPS) is 26.9. The molecule has 1 atom stereocenters. The molecule has 18 heavy (non-hydrogen) atoms. The van der Waals surface area contributed by atoms with E-state index < -0.39 is 0 Å². The van der Waals surface area contributed by atoms with Crippen LogP contribution in [-0.4, -0.2) is 15.6 Å². The third-order valence-electron chi connectivity index (χ3n) is 5.00. The Labute approximate surface area is 110 Å². The Balaban J connectivity index is 1.97. The number of hydrogen-bond acceptors (Lipinski definition) is 2. The number of fused-ring (bicyclic) bond motifs is 1. The van der Waals surface area contributed by atoms with Crippen LogP contribution in [0.3, 0.4) is 0 Å². The Bertz CT molecular complexity index is 441. The standard InChI is InChI=1S/C15H25N3/c1-15(8-4-3-5-9-15)14-17-12-10-11(16)6-7-13(12)18(14)2/h11H,3-10,16H2,1-2H3. The van der Waals surface area contributed by atoms with Gasteiger partial charge in [0, 0.05) is 30.6 Å². The largest absolute Gasteiger partial charge is 0.334 e. The van der Waals surface area contributed by atoms with Crippen molar-refractivity contribution in [3.8, 4) is 0 Å². The highest BCUT2D eigenvalue weighted by molar-refractivity contribution is 5.25. The van der Waals surface area contributed by atoms with Gasteiger partial charge in [0.2, 0.25) is 0 Å². The number of hydrogen-bond donors (Lipinski definition) is 1. The second-order valence-electron chi connectivity index (χ2n) is 6.51. The molecule has 1 unspecified atom stereocenters. The van der Waals surface area contributed by atoms with Crippen LogP contribution in [0.1, 0.15) is 62.7 Å². The lowest BCUT2D eigenvalue weighted by Gasteiger charge is -2.33. The molecule has 1 aromatic rings. The van der Waals surface area contributed by atoms with E-state index in [1.807, 2.05) is 0 Å². The fourth-order valence-electron chi connectivity index (χ4n) is 3.83. The second-order valence-corrected chi connectivity index (χ2v) is 6.51. The van der Waals surface area contributed by atoms with Gasteiger partial charge in [-0.3, -0.25) is 0 Å². The van der Waals surface area contributed by atoms with Crippen molar-refractivity contribution in [2.75, 3.05) is 0 Å². The van der Waals surface area contributed by atoms with Crippen LogP contribution in [0, 0.1) is 0 Å². The summed E-state index contributed by atoms with van der Waals surface area (Å²) >= 11 is 0. The SMILES string of the molecule is Cn1c(C2(C)CCCCC2)nc2c1CCC(N)C2. The van der Waals surface area contributed by atoms with Crippen molar-refractivity contribution in [2.45, 2.75) is 69.7 Å². The van der Waals surface area contributed by atoms with Gasteiger partial charge in [0.1, 0.15) is 5.82 Å². The topological polar surface area (TPSA) is 43.8 Å². The molecule has 2 aliphatic carbocycles. The number of nitrogens with two attached hydrogens (primary N) is 1. The Morgan fingerprint density at radius 1 is 1.28 bits per heavy atom. The third-order valence-corrected chi connectivity index (χ3v) is 5.00. The van der Waals surface area contributed by atoms with E-state index in [4.69, 9.17) is 10.7 Å². The highest BCUT2D eigenvalue weighted by atomic mass is 15.1. The molecule has 0 aliphatic heterocycles. The average molecular weight is 247 g/mol. The zero-order chi connectivity index (χ0) is 12.8. The molecule has 3 nitrogen and oxygen atoms in total. The Morgan fingerprint density at radius 3 is 2.72 bits per heavy atom. The molecule has 2 N–H and O–H groups in total. The molecule has 100 valence electrons. The summed E-state index contributed by atoms with van der Waals surface area (Å²) in [5, 5.41) is 0. The summed E-state index contributed by atoms with van der Waals surface area (Å²) in [6.07, 6.45) is 9.88. The molecule has 0 aromatic carbocycles. The molecule has 1 fully saturated rings. The molecule has 3 rings (SSSR count). The van der Waals surface area contributed by atoms with Crippen LogP contribution in [0.2, 0.25) is 0 Å². The first-order chi connectivity index (χ1) is 8.60. The number of rotatable bonds is 1. The lowest BCUT2D eigenvalue weighted by atomic mass is 9.75. The van der Waals surface area contributed by atoms with Crippen LogP contribution in [-0.2, 0) is 25.3 Å². The van der Waals surface area contributed by atoms with E-state index in [9.17, 15) is 0 Å². The summed E-state index contributed by atoms with van der Waals surface area (Å²) in [5.41, 5.74) is 9.09. The van der Waals surface area contributed by atoms with Crippen LogP contribution in [0.5, 0.6) is 0 Å². The van der Waals surface area contributed by atoms with Crippen molar-refractivity contribution in [2.24, 2.45) is 12.8 Å². The number of imidazole rings is 1. The van der Waals surface area contributed by atoms with Gasteiger partial charge in [-0.05, 0) is 25.7 Å². The van der Waals surface area contributed by atoms with E-state index >= 15 is 0 Å². The lowest BCUT2D eigenvalue weighted by molar-refractivity contribution is 0.297. The van der Waals surface area contributed by atoms with Crippen molar-refractivity contribution in [1.82, 2.24) is 9.55 Å². The van der Waals surface area contributed by atoms with Crippen LogP contribution in [0.25, 0.3) is 0 Å². The van der Waals surface area contributed by atoms with Gasteiger partial charge in [-0.1, -0.05) is 26.2 Å². The van der Waals surface area contributed by atoms with Gasteiger partial charge in [-0.25, -0.2) is 4.98 Å². The van der Waals surface area contributed by atoms with Crippen LogP contribution < -0.4 is 5.73 Å². The zero-order valence-corrected chi connectivity index (χ0v) is 11.7. The summed E-state index contributed by atoms with van der Waals surface area (Å²) in [6.45, 7) is 2.40. The molecule has 1 heterocycles. The second kappa shape index (κ2) is 4.37. The molecule has 1 saturated carbocycles. The van der Waals surface area contributed by atoms with Crippen molar-refractivity contribution in [3.05, 3.63) is 17.2 Å². The Kier molecular flexibility index (Phi) is 2.97. The zero-order valence-electron chi connectivity index (χ0n) is 11.7. The molecular weight excluding hydrogens is 222 g/mol. The number of nitrogens with zero attached hydrogens (tertiary/aromatic N) is 2. The van der Waals surface area contributed by atoms with Crippen molar-refractivity contribution in [3.63, 3.8) is 0 Å². The highest BCUT2D eigenvalue weighted by Gasteiger charge is 2.35. The maximum atomic E-state index is 6.07. The molecule has 1 aromatic heterocycles. The average Bonchev–Trinajstić information content (AvgIpc) is 2.68. The Hall–Kier alpha value is -0.830. The first-order valence-electron chi connectivity index (χ1n) is 7.41. The minimum absolute atomic E-state index is 0.300. The van der Waals surface area contributed by atoms with Gasteiger partial charge < -0.3 is 10.3 Å². The van der Waals surface area contributed by atoms with Crippen molar-refractivity contribution in [1.29, 1.82) is 0 Å². The van der Waals surface area contributed by atoms with Gasteiger partial charge in [0.15, 0.2) is 0 Å². The smallest absolute Gasteiger partial charge is 0.114 e. The summed E-state index contributed by atoms with van der Waals surface area (Å²) in [6, 6.07) is 0.319. The molecule has 0 bridgehead atoms. The summed E-state index contributed by atoms with van der Waals surface area (Å²) in [5.74, 6) is 1.32. The van der Waals surface area contributed by atoms with Crippen LogP contribution in [0.15, 0.2) is 0 Å². The molecule has 3 heteroatoms. The molecule has 2 aliphatic rings. The number of aromatic nitrogens is 2. The quantitative estimate of drug-likeness (QED) is 0.828. The van der Waals surface area contributed by atoms with Gasteiger partial charge in [0.25, 0.3) is 0 Å². The van der Waals surface area contributed by atoms with Crippen LogP contribution >= 0.6 is 0 Å². The fourth-order valence-corrected chi connectivity index (χ4v) is 3.83. The van der Waals surface area contributed by atoms with E-state index in [2.05, 4.69) is 18.5 Å². The monoisotopic (exact) mass is 247 g/mol. The predicted molar refractivity (Wildman–Crippen MR) is 73.6 cm³/mol. The van der Waals surface area contributed by atoms with Gasteiger partial charge in [-0.2, -0.15) is 0 Å². The molecular formula is C15H25N3. The molecule has 0 radical (unpaired) electrons. The molecule has 0 saturated heterocycles. The maximum absolute atomic E-state index is 6.07. The summed E-state index contributed by atoms with van der Waals surface area (Å²) in [7, 11) is 2.21. The maximum Gasteiger partial charge on any atom is 0.114 e. The minimum atomic E-state index is 0.300. The highest BCUT2D eigenvalue weighted by Crippen LogP contribution is 2.39. The summed E-state index contributed by atoms with van der Waals surface area (Å²) in [4.78, 5) is 4.98. The van der Waals surface area contributed by atoms with E-state index in [1.54, 1.807) is 0 Å². The van der Waals surface area contributed by atoms with Gasteiger partial charge in [-0.15, -0.1) is 0 Å². The van der Waals surface area contributed by atoms with E-state index in [1.165, 1.54) is 49.3 Å². The van der Waals surface area contributed by atoms with Gasteiger partial charge in [0.05, 0.1) is 5.69 Å². The van der Waals surface area contributed by atoms with Gasteiger partial charge >= 0.3 is 0 Å².